The van der Waals surface area contributed by atoms with E-state index < -0.39 is 0 Å². The summed E-state index contributed by atoms with van der Waals surface area (Å²) in [5.41, 5.74) is 5.11. The summed E-state index contributed by atoms with van der Waals surface area (Å²) in [4.78, 5) is 0. The summed E-state index contributed by atoms with van der Waals surface area (Å²) in [6, 6.07) is 11.7. The summed E-state index contributed by atoms with van der Waals surface area (Å²) >= 11 is 0. The highest BCUT2D eigenvalue weighted by Crippen LogP contribution is 2.08. The largest absolute Gasteiger partial charge is 0.463 e. The van der Waals surface area contributed by atoms with Crippen molar-refractivity contribution in [2.24, 2.45) is 5.10 Å². The molecule has 15 heavy (non-hydrogen) atoms. The maximum Gasteiger partial charge on any atom is 0.146 e. The molecule has 3 nitrogen and oxygen atoms in total. The second-order valence-electron chi connectivity index (χ2n) is 3.25. The number of hydrazone groups is 1. The van der Waals surface area contributed by atoms with E-state index in [1.165, 1.54) is 5.56 Å². The maximum atomic E-state index is 5.10. The van der Waals surface area contributed by atoms with Crippen LogP contribution in [0.2, 0.25) is 0 Å². The number of hydrogen-bond donors (Lipinski definition) is 1. The van der Waals surface area contributed by atoms with Crippen LogP contribution in [0.15, 0.2) is 52.2 Å². The Labute approximate surface area is 88.4 Å². The number of anilines is 1. The molecule has 1 aromatic carbocycles. The van der Waals surface area contributed by atoms with Gasteiger partial charge in [-0.1, -0.05) is 17.7 Å². The first kappa shape index (κ1) is 9.52. The van der Waals surface area contributed by atoms with Crippen LogP contribution in [0.4, 0.5) is 5.69 Å². The fourth-order valence-electron chi connectivity index (χ4n) is 1.16. The van der Waals surface area contributed by atoms with Crippen LogP contribution in [-0.2, 0) is 0 Å². The molecular weight excluding hydrogens is 188 g/mol. The number of rotatable bonds is 3. The van der Waals surface area contributed by atoms with E-state index in [0.29, 0.717) is 0 Å². The third-order valence-corrected chi connectivity index (χ3v) is 1.98. The fraction of sp³-hybridized carbons (Fsp3) is 0.0833. The highest BCUT2D eigenvalue weighted by atomic mass is 16.3. The molecule has 1 aromatic heterocycles. The molecule has 1 N–H and O–H groups in total. The van der Waals surface area contributed by atoms with Gasteiger partial charge >= 0.3 is 0 Å². The van der Waals surface area contributed by atoms with E-state index >= 15 is 0 Å². The lowest BCUT2D eigenvalue weighted by atomic mass is 10.2. The van der Waals surface area contributed by atoms with Gasteiger partial charge < -0.3 is 4.42 Å². The lowest BCUT2D eigenvalue weighted by Gasteiger charge is -1.99. The number of furan rings is 1. The molecule has 0 fully saturated rings. The van der Waals surface area contributed by atoms with Gasteiger partial charge in [-0.15, -0.1) is 0 Å². The Morgan fingerprint density at radius 2 is 2.00 bits per heavy atom. The molecule has 0 aliphatic carbocycles. The summed E-state index contributed by atoms with van der Waals surface area (Å²) in [5, 5.41) is 4.04. The van der Waals surface area contributed by atoms with E-state index in [4.69, 9.17) is 4.42 Å². The fourth-order valence-corrected chi connectivity index (χ4v) is 1.16. The molecule has 0 saturated heterocycles. The Kier molecular flexibility index (Phi) is 2.83. The average molecular weight is 200 g/mol. The topological polar surface area (TPSA) is 37.5 Å². The molecule has 0 radical (unpaired) electrons. The number of aryl methyl sites for hydroxylation is 1. The lowest BCUT2D eigenvalue weighted by Crippen LogP contribution is -1.89. The van der Waals surface area contributed by atoms with Gasteiger partial charge in [0.1, 0.15) is 5.76 Å². The van der Waals surface area contributed by atoms with E-state index in [2.05, 4.69) is 17.5 Å². The smallest absolute Gasteiger partial charge is 0.146 e. The van der Waals surface area contributed by atoms with E-state index in [-0.39, 0.29) is 0 Å². The van der Waals surface area contributed by atoms with Gasteiger partial charge in [-0.25, -0.2) is 0 Å². The quantitative estimate of drug-likeness (QED) is 0.610. The molecule has 3 heteroatoms. The zero-order chi connectivity index (χ0) is 10.5. The van der Waals surface area contributed by atoms with Crippen molar-refractivity contribution in [2.45, 2.75) is 6.92 Å². The Morgan fingerprint density at radius 1 is 1.20 bits per heavy atom. The molecule has 0 unspecified atom stereocenters. The zero-order valence-electron chi connectivity index (χ0n) is 8.47. The molecule has 0 atom stereocenters. The van der Waals surface area contributed by atoms with Gasteiger partial charge in [-0.3, -0.25) is 5.43 Å². The monoisotopic (exact) mass is 200 g/mol. The van der Waals surface area contributed by atoms with Crippen molar-refractivity contribution in [1.82, 2.24) is 0 Å². The standard InChI is InChI=1S/C12H12N2O/c1-10-4-6-11(7-5-10)14-13-9-12-3-2-8-15-12/h2-9,14H,1H3. The molecular formula is C12H12N2O. The third-order valence-electron chi connectivity index (χ3n) is 1.98. The van der Waals surface area contributed by atoms with E-state index in [9.17, 15) is 0 Å². The highest BCUT2D eigenvalue weighted by Gasteiger charge is 1.89. The van der Waals surface area contributed by atoms with Crippen molar-refractivity contribution in [3.63, 3.8) is 0 Å². The van der Waals surface area contributed by atoms with Gasteiger partial charge in [-0.2, -0.15) is 5.10 Å². The van der Waals surface area contributed by atoms with Crippen molar-refractivity contribution in [3.8, 4) is 0 Å². The van der Waals surface area contributed by atoms with Crippen LogP contribution in [0.5, 0.6) is 0 Å². The SMILES string of the molecule is Cc1ccc(NN=Cc2ccco2)cc1. The van der Waals surface area contributed by atoms with Crippen molar-refractivity contribution >= 4 is 11.9 Å². The molecule has 2 rings (SSSR count). The minimum Gasteiger partial charge on any atom is -0.463 e. The van der Waals surface area contributed by atoms with Gasteiger partial charge in [0.05, 0.1) is 18.2 Å². The first-order valence-electron chi connectivity index (χ1n) is 4.74. The highest BCUT2D eigenvalue weighted by molar-refractivity contribution is 5.76. The Bertz CT molecular complexity index is 429. The molecule has 0 saturated carbocycles. The Hall–Kier alpha value is -2.03. The normalized spacial score (nSPS) is 10.7. The van der Waals surface area contributed by atoms with Crippen LogP contribution >= 0.6 is 0 Å². The van der Waals surface area contributed by atoms with Gasteiger partial charge in [0.2, 0.25) is 0 Å². The predicted octanol–water partition coefficient (Wildman–Crippen LogP) is 3.03. The van der Waals surface area contributed by atoms with Crippen LogP contribution < -0.4 is 5.43 Å². The molecule has 2 aromatic rings. The first-order valence-corrected chi connectivity index (χ1v) is 4.74. The number of nitrogens with one attached hydrogen (secondary N) is 1. The van der Waals surface area contributed by atoms with Gasteiger partial charge in [0.25, 0.3) is 0 Å². The van der Waals surface area contributed by atoms with Gasteiger partial charge in [-0.05, 0) is 31.2 Å². The van der Waals surface area contributed by atoms with E-state index in [1.807, 2.05) is 36.4 Å². The summed E-state index contributed by atoms with van der Waals surface area (Å²) in [7, 11) is 0. The van der Waals surface area contributed by atoms with Crippen molar-refractivity contribution < 1.29 is 4.42 Å². The summed E-state index contributed by atoms with van der Waals surface area (Å²) < 4.78 is 5.10. The van der Waals surface area contributed by atoms with Crippen LogP contribution in [0.1, 0.15) is 11.3 Å². The molecule has 0 bridgehead atoms. The minimum atomic E-state index is 0.731. The molecule has 0 aliphatic heterocycles. The van der Waals surface area contributed by atoms with Crippen molar-refractivity contribution in [2.75, 3.05) is 5.43 Å². The second-order valence-corrected chi connectivity index (χ2v) is 3.25. The molecule has 0 spiro atoms. The molecule has 0 amide bonds. The van der Waals surface area contributed by atoms with Crippen LogP contribution in [-0.4, -0.2) is 6.21 Å². The lowest BCUT2D eigenvalue weighted by molar-refractivity contribution is 0.560. The van der Waals surface area contributed by atoms with Crippen LogP contribution in [0.25, 0.3) is 0 Å². The maximum absolute atomic E-state index is 5.10. The predicted molar refractivity (Wildman–Crippen MR) is 61.1 cm³/mol. The Morgan fingerprint density at radius 3 is 2.67 bits per heavy atom. The van der Waals surface area contributed by atoms with Crippen LogP contribution in [0, 0.1) is 6.92 Å². The Balaban J connectivity index is 1.96. The van der Waals surface area contributed by atoms with E-state index in [0.717, 1.165) is 11.4 Å². The summed E-state index contributed by atoms with van der Waals surface area (Å²) in [6.07, 6.45) is 3.26. The van der Waals surface area contributed by atoms with Crippen LogP contribution in [0.3, 0.4) is 0 Å². The molecule has 76 valence electrons. The van der Waals surface area contributed by atoms with Crippen molar-refractivity contribution in [1.29, 1.82) is 0 Å². The van der Waals surface area contributed by atoms with Crippen molar-refractivity contribution in [3.05, 3.63) is 54.0 Å². The van der Waals surface area contributed by atoms with Gasteiger partial charge in [0.15, 0.2) is 0 Å². The number of nitrogens with zero attached hydrogens (tertiary/aromatic N) is 1. The number of hydrogen-bond acceptors (Lipinski definition) is 3. The van der Waals surface area contributed by atoms with E-state index in [1.54, 1.807) is 12.5 Å². The third kappa shape index (κ3) is 2.71. The van der Waals surface area contributed by atoms with Gasteiger partial charge in [0, 0.05) is 0 Å². The number of benzene rings is 1. The molecule has 0 aliphatic rings. The zero-order valence-corrected chi connectivity index (χ0v) is 8.47. The first-order chi connectivity index (χ1) is 7.34. The average Bonchev–Trinajstić information content (AvgIpc) is 2.74. The second kappa shape index (κ2) is 4.46. The summed E-state index contributed by atoms with van der Waals surface area (Å²) in [5.74, 6) is 0.731. The molecule has 1 heterocycles. The summed E-state index contributed by atoms with van der Waals surface area (Å²) in [6.45, 7) is 2.05. The minimum absolute atomic E-state index is 0.731.